The van der Waals surface area contributed by atoms with Gasteiger partial charge in [0.2, 0.25) is 0 Å². The first-order valence-corrected chi connectivity index (χ1v) is 11.7. The molecule has 0 spiro atoms. The molecule has 0 aromatic heterocycles. The summed E-state index contributed by atoms with van der Waals surface area (Å²) in [5.41, 5.74) is 2.14. The van der Waals surface area contributed by atoms with Gasteiger partial charge in [0.15, 0.2) is 0 Å². The molecule has 2 rings (SSSR count). The lowest BCUT2D eigenvalue weighted by Crippen LogP contribution is -2.19. The van der Waals surface area contributed by atoms with Gasteiger partial charge < -0.3 is 19.7 Å². The summed E-state index contributed by atoms with van der Waals surface area (Å²) in [6.07, 6.45) is 9.05. The smallest absolute Gasteiger partial charge is 0.305 e. The zero-order valence-electron chi connectivity index (χ0n) is 18.7. The van der Waals surface area contributed by atoms with Gasteiger partial charge in [0, 0.05) is 31.2 Å². The van der Waals surface area contributed by atoms with Crippen LogP contribution in [0.1, 0.15) is 56.1 Å². The molecule has 1 fully saturated rings. The summed E-state index contributed by atoms with van der Waals surface area (Å²) in [6.45, 7) is 0.551. The molecule has 6 heteroatoms. The molecule has 1 aromatic rings. The third-order valence-electron chi connectivity index (χ3n) is 6.07. The number of benzene rings is 1. The molecule has 0 aliphatic heterocycles. The minimum absolute atomic E-state index is 0.0351. The van der Waals surface area contributed by atoms with Crippen LogP contribution in [0.25, 0.3) is 0 Å². The molecule has 0 amide bonds. The number of hydrogen-bond acceptors (Lipinski definition) is 5. The van der Waals surface area contributed by atoms with Crippen LogP contribution in [-0.4, -0.2) is 48.0 Å². The van der Waals surface area contributed by atoms with Crippen molar-refractivity contribution in [3.63, 3.8) is 0 Å². The summed E-state index contributed by atoms with van der Waals surface area (Å²) >= 11 is 6.53. The van der Waals surface area contributed by atoms with Crippen LogP contribution in [0.3, 0.4) is 0 Å². The van der Waals surface area contributed by atoms with E-state index >= 15 is 0 Å². The van der Waals surface area contributed by atoms with Gasteiger partial charge in [0.1, 0.15) is 0 Å². The number of hydrogen-bond donors (Lipinski definition) is 2. The summed E-state index contributed by atoms with van der Waals surface area (Å²) < 4.78 is 9.83. The lowest BCUT2D eigenvalue weighted by molar-refractivity contribution is -0.140. The van der Waals surface area contributed by atoms with Crippen LogP contribution >= 0.6 is 11.6 Å². The van der Waals surface area contributed by atoms with Crippen LogP contribution in [0.15, 0.2) is 36.4 Å². The number of esters is 1. The Morgan fingerprint density at radius 2 is 1.97 bits per heavy atom. The number of methoxy groups -OCH3 is 2. The third kappa shape index (κ3) is 8.93. The Kier molecular flexibility index (Phi) is 11.6. The standard InChI is InChI=1S/C25H37ClO5/c1-30-17-19-9-7-8-18(14-19)15-20(27)12-13-22-21(23(26)16-24(22)28)10-5-3-4-6-11-25(29)31-2/h7-9,12-14,20-24,27-28H,3-6,10-11,15-17H2,1-2H3/b13-12+/t20-,21+,22+,23+,24+/m0/s1. The Morgan fingerprint density at radius 3 is 2.71 bits per heavy atom. The molecule has 2 N–H and O–H groups in total. The lowest BCUT2D eigenvalue weighted by Gasteiger charge is -2.21. The maximum atomic E-state index is 11.2. The molecule has 0 unspecified atom stereocenters. The number of carbonyl (C=O) groups excluding carboxylic acids is 1. The molecule has 5 atom stereocenters. The first-order valence-electron chi connectivity index (χ1n) is 11.3. The number of unbranched alkanes of at least 4 members (excludes halogenated alkanes) is 3. The third-order valence-corrected chi connectivity index (χ3v) is 6.57. The molecule has 174 valence electrons. The minimum Gasteiger partial charge on any atom is -0.469 e. The van der Waals surface area contributed by atoms with Crippen LogP contribution in [-0.2, 0) is 27.3 Å². The number of halogens is 1. The van der Waals surface area contributed by atoms with E-state index < -0.39 is 12.2 Å². The van der Waals surface area contributed by atoms with E-state index in [2.05, 4.69) is 4.74 Å². The van der Waals surface area contributed by atoms with Crippen LogP contribution in [0.5, 0.6) is 0 Å². The van der Waals surface area contributed by atoms with Gasteiger partial charge in [-0.2, -0.15) is 0 Å². The van der Waals surface area contributed by atoms with Gasteiger partial charge in [-0.05, 0) is 36.3 Å². The van der Waals surface area contributed by atoms with Gasteiger partial charge in [-0.15, -0.1) is 11.6 Å². The number of ether oxygens (including phenoxy) is 2. The maximum Gasteiger partial charge on any atom is 0.305 e. The topological polar surface area (TPSA) is 76.0 Å². The van der Waals surface area contributed by atoms with E-state index in [9.17, 15) is 15.0 Å². The second-order valence-corrected chi connectivity index (χ2v) is 9.06. The number of rotatable bonds is 13. The van der Waals surface area contributed by atoms with E-state index in [0.717, 1.165) is 43.2 Å². The highest BCUT2D eigenvalue weighted by Crippen LogP contribution is 2.40. The number of aliphatic hydroxyl groups excluding tert-OH is 2. The van der Waals surface area contributed by atoms with Gasteiger partial charge in [0.05, 0.1) is 25.9 Å². The van der Waals surface area contributed by atoms with Crippen LogP contribution in [0.2, 0.25) is 0 Å². The highest BCUT2D eigenvalue weighted by molar-refractivity contribution is 6.21. The Labute approximate surface area is 191 Å². The van der Waals surface area contributed by atoms with E-state index in [1.807, 2.05) is 30.3 Å². The maximum absolute atomic E-state index is 11.2. The van der Waals surface area contributed by atoms with Gasteiger partial charge in [-0.25, -0.2) is 0 Å². The van der Waals surface area contributed by atoms with Crippen molar-refractivity contribution < 1.29 is 24.5 Å². The van der Waals surface area contributed by atoms with Gasteiger partial charge in [0.25, 0.3) is 0 Å². The van der Waals surface area contributed by atoms with Gasteiger partial charge in [-0.1, -0.05) is 55.7 Å². The number of aliphatic hydroxyl groups is 2. The van der Waals surface area contributed by atoms with Crippen molar-refractivity contribution >= 4 is 17.6 Å². The molecule has 1 saturated carbocycles. The van der Waals surface area contributed by atoms with E-state index in [1.165, 1.54) is 7.11 Å². The summed E-state index contributed by atoms with van der Waals surface area (Å²) in [5, 5.41) is 20.9. The molecule has 0 saturated heterocycles. The zero-order valence-corrected chi connectivity index (χ0v) is 19.5. The summed E-state index contributed by atoms with van der Waals surface area (Å²) in [5.74, 6) is 0.00622. The largest absolute Gasteiger partial charge is 0.469 e. The van der Waals surface area contributed by atoms with Gasteiger partial charge >= 0.3 is 5.97 Å². The zero-order chi connectivity index (χ0) is 22.6. The normalized spacial score (nSPS) is 24.5. The van der Waals surface area contributed by atoms with Crippen LogP contribution in [0, 0.1) is 11.8 Å². The molecule has 1 aliphatic rings. The molecule has 1 aliphatic carbocycles. The molecule has 31 heavy (non-hydrogen) atoms. The minimum atomic E-state index is -0.613. The Bertz CT molecular complexity index is 692. The monoisotopic (exact) mass is 452 g/mol. The van der Waals surface area contributed by atoms with Crippen molar-refractivity contribution in [3.8, 4) is 0 Å². The number of alkyl halides is 1. The number of carbonyl (C=O) groups is 1. The first-order chi connectivity index (χ1) is 14.9. The summed E-state index contributed by atoms with van der Waals surface area (Å²) in [7, 11) is 3.08. The van der Waals surface area contributed by atoms with Gasteiger partial charge in [-0.3, -0.25) is 4.79 Å². The van der Waals surface area contributed by atoms with Crippen molar-refractivity contribution in [2.75, 3.05) is 14.2 Å². The quantitative estimate of drug-likeness (QED) is 0.200. The fourth-order valence-corrected chi connectivity index (χ4v) is 4.89. The molecule has 0 heterocycles. The molecular weight excluding hydrogens is 416 g/mol. The van der Waals surface area contributed by atoms with Crippen molar-refractivity contribution in [2.24, 2.45) is 11.8 Å². The Balaban J connectivity index is 1.82. The van der Waals surface area contributed by atoms with Crippen molar-refractivity contribution in [1.29, 1.82) is 0 Å². The first kappa shape index (κ1) is 25.9. The van der Waals surface area contributed by atoms with Crippen molar-refractivity contribution in [1.82, 2.24) is 0 Å². The summed E-state index contributed by atoms with van der Waals surface area (Å²) in [6, 6.07) is 8.02. The molecule has 0 radical (unpaired) electrons. The average molecular weight is 453 g/mol. The fraction of sp³-hybridized carbons (Fsp3) is 0.640. The molecular formula is C25H37ClO5. The average Bonchev–Trinajstić information content (AvgIpc) is 3.01. The van der Waals surface area contributed by atoms with Crippen molar-refractivity contribution in [3.05, 3.63) is 47.5 Å². The second kappa shape index (κ2) is 13.9. The fourth-order valence-electron chi connectivity index (χ4n) is 4.42. The van der Waals surface area contributed by atoms with Crippen LogP contribution in [0.4, 0.5) is 0 Å². The van der Waals surface area contributed by atoms with Crippen LogP contribution < -0.4 is 0 Å². The Hall–Kier alpha value is -1.40. The second-order valence-electron chi connectivity index (χ2n) is 8.50. The van der Waals surface area contributed by atoms with E-state index in [1.54, 1.807) is 13.2 Å². The van der Waals surface area contributed by atoms with E-state index in [4.69, 9.17) is 16.3 Å². The predicted octanol–water partition coefficient (Wildman–Crippen LogP) is 4.41. The highest BCUT2D eigenvalue weighted by Gasteiger charge is 2.39. The predicted molar refractivity (Wildman–Crippen MR) is 123 cm³/mol. The summed E-state index contributed by atoms with van der Waals surface area (Å²) in [4.78, 5) is 11.2. The van der Waals surface area contributed by atoms with E-state index in [0.29, 0.717) is 25.9 Å². The molecule has 5 nitrogen and oxygen atoms in total. The van der Waals surface area contributed by atoms with E-state index in [-0.39, 0.29) is 23.2 Å². The lowest BCUT2D eigenvalue weighted by atomic mass is 9.88. The van der Waals surface area contributed by atoms with Crippen molar-refractivity contribution in [2.45, 2.75) is 75.6 Å². The Morgan fingerprint density at radius 1 is 1.23 bits per heavy atom. The SMILES string of the molecule is COCc1cccc(C[C@@H](O)/C=C/[C@@H]2[C@@H](CCCCCCC(=O)OC)[C@H](Cl)C[C@H]2O)c1. The highest BCUT2D eigenvalue weighted by atomic mass is 35.5. The molecule has 1 aromatic carbocycles. The molecule has 0 bridgehead atoms.